The number of fused-ring (bicyclic) bond motifs is 1. The number of para-hydroxylation sites is 2. The van der Waals surface area contributed by atoms with E-state index in [1.807, 2.05) is 12.1 Å². The zero-order valence-electron chi connectivity index (χ0n) is 10.1. The molecule has 0 aromatic heterocycles. The molecule has 19 heavy (non-hydrogen) atoms. The monoisotopic (exact) mass is 285 g/mol. The molecule has 0 radical (unpaired) electrons. The van der Waals surface area contributed by atoms with Gasteiger partial charge in [-0.3, -0.25) is 13.8 Å². The summed E-state index contributed by atoms with van der Waals surface area (Å²) in [6.07, 6.45) is -0.391. The molecule has 1 saturated heterocycles. The van der Waals surface area contributed by atoms with Crippen molar-refractivity contribution >= 4 is 28.4 Å². The molecule has 2 aliphatic heterocycles. The summed E-state index contributed by atoms with van der Waals surface area (Å²) in [6, 6.07) is 6.97. The average Bonchev–Trinajstić information content (AvgIpc) is 2.88. The standard InChI is InChI=1S/C11H15N3O4S/c15-11(16)13-6-5-8(7-13)14-10-4-2-1-3-9(10)12-19(14,17)18/h1-4,8,12,17-18H,5-7H2,(H,15,16)/t8-/m1/s1. The first-order chi connectivity index (χ1) is 8.99. The van der Waals surface area contributed by atoms with Gasteiger partial charge in [0, 0.05) is 13.1 Å². The highest BCUT2D eigenvalue weighted by atomic mass is 32.3. The first-order valence-corrected chi connectivity index (χ1v) is 7.41. The molecule has 0 aliphatic carbocycles. The minimum atomic E-state index is -3.12. The largest absolute Gasteiger partial charge is 0.465 e. The van der Waals surface area contributed by atoms with Crippen LogP contribution in [0.25, 0.3) is 0 Å². The molecule has 0 unspecified atom stereocenters. The van der Waals surface area contributed by atoms with Gasteiger partial charge in [0.15, 0.2) is 0 Å². The van der Waals surface area contributed by atoms with Crippen LogP contribution in [0.15, 0.2) is 24.3 Å². The molecule has 104 valence electrons. The van der Waals surface area contributed by atoms with Crippen LogP contribution < -0.4 is 9.03 Å². The minimum absolute atomic E-state index is 0.225. The van der Waals surface area contributed by atoms with Gasteiger partial charge in [0.2, 0.25) is 0 Å². The Morgan fingerprint density at radius 3 is 2.79 bits per heavy atom. The lowest BCUT2D eigenvalue weighted by atomic mass is 10.2. The highest BCUT2D eigenvalue weighted by Crippen LogP contribution is 2.57. The number of amides is 1. The number of nitrogens with zero attached hydrogens (tertiary/aromatic N) is 2. The van der Waals surface area contributed by atoms with E-state index in [9.17, 15) is 13.9 Å². The molecule has 2 heterocycles. The Labute approximate surface area is 112 Å². The minimum Gasteiger partial charge on any atom is -0.465 e. The lowest BCUT2D eigenvalue weighted by molar-refractivity contribution is 0.155. The fraction of sp³-hybridized carbons (Fsp3) is 0.364. The van der Waals surface area contributed by atoms with Gasteiger partial charge in [-0.1, -0.05) is 12.1 Å². The van der Waals surface area contributed by atoms with Crippen molar-refractivity contribution in [1.82, 2.24) is 4.90 Å². The van der Waals surface area contributed by atoms with Gasteiger partial charge < -0.3 is 10.0 Å². The zero-order valence-corrected chi connectivity index (χ0v) is 10.9. The quantitative estimate of drug-likeness (QED) is 0.632. The topological polar surface area (TPSA) is 96.3 Å². The van der Waals surface area contributed by atoms with Gasteiger partial charge in [-0.2, -0.15) is 0 Å². The Balaban J connectivity index is 1.90. The van der Waals surface area contributed by atoms with E-state index in [-0.39, 0.29) is 12.6 Å². The van der Waals surface area contributed by atoms with Crippen molar-refractivity contribution in [3.8, 4) is 0 Å². The third-order valence-electron chi connectivity index (χ3n) is 3.43. The fourth-order valence-corrected chi connectivity index (χ4v) is 4.18. The van der Waals surface area contributed by atoms with Crippen molar-refractivity contribution in [2.24, 2.45) is 0 Å². The predicted molar refractivity (Wildman–Crippen MR) is 73.4 cm³/mol. The second-order valence-corrected chi connectivity index (χ2v) is 6.27. The predicted octanol–water partition coefficient (Wildman–Crippen LogP) is 2.25. The number of benzene rings is 1. The van der Waals surface area contributed by atoms with Crippen molar-refractivity contribution in [2.45, 2.75) is 12.5 Å². The summed E-state index contributed by atoms with van der Waals surface area (Å²) >= 11 is 0. The molecular weight excluding hydrogens is 270 g/mol. The van der Waals surface area contributed by atoms with Crippen molar-refractivity contribution in [3.05, 3.63) is 24.3 Å². The van der Waals surface area contributed by atoms with E-state index < -0.39 is 17.1 Å². The molecular formula is C11H15N3O4S. The molecule has 1 atom stereocenters. The average molecular weight is 285 g/mol. The van der Waals surface area contributed by atoms with Crippen LogP contribution in [0.5, 0.6) is 0 Å². The summed E-state index contributed by atoms with van der Waals surface area (Å²) in [5.41, 5.74) is 1.37. The van der Waals surface area contributed by atoms with Crippen LogP contribution in [0.1, 0.15) is 6.42 Å². The molecule has 3 rings (SSSR count). The van der Waals surface area contributed by atoms with Crippen molar-refractivity contribution in [3.63, 3.8) is 0 Å². The van der Waals surface area contributed by atoms with E-state index in [0.717, 1.165) is 0 Å². The molecule has 0 bridgehead atoms. The molecule has 0 saturated carbocycles. The van der Waals surface area contributed by atoms with E-state index in [1.54, 1.807) is 12.1 Å². The second kappa shape index (κ2) is 4.19. The fourth-order valence-electron chi connectivity index (χ4n) is 2.60. The number of hydrogen-bond donors (Lipinski definition) is 4. The van der Waals surface area contributed by atoms with Crippen LogP contribution in [-0.2, 0) is 0 Å². The zero-order chi connectivity index (χ0) is 13.6. The smallest absolute Gasteiger partial charge is 0.407 e. The van der Waals surface area contributed by atoms with Gasteiger partial charge in [-0.15, -0.1) is 0 Å². The van der Waals surface area contributed by atoms with Gasteiger partial charge in [-0.05, 0) is 29.5 Å². The number of rotatable bonds is 1. The van der Waals surface area contributed by atoms with Crippen LogP contribution in [0.3, 0.4) is 0 Å². The Hall–Kier alpha value is -1.64. The first-order valence-electron chi connectivity index (χ1n) is 5.91. The summed E-state index contributed by atoms with van der Waals surface area (Å²) in [6.45, 7) is 0.690. The second-order valence-electron chi connectivity index (χ2n) is 4.63. The molecule has 1 amide bonds. The number of anilines is 2. The number of likely N-dealkylation sites (tertiary alicyclic amines) is 1. The molecule has 4 N–H and O–H groups in total. The third kappa shape index (κ3) is 1.97. The van der Waals surface area contributed by atoms with Gasteiger partial charge in [0.1, 0.15) is 0 Å². The number of hydrogen-bond acceptors (Lipinski definition) is 5. The molecule has 7 nitrogen and oxygen atoms in total. The van der Waals surface area contributed by atoms with Crippen LogP contribution in [0.2, 0.25) is 0 Å². The molecule has 1 aromatic rings. The summed E-state index contributed by atoms with van der Waals surface area (Å²) < 4.78 is 24.5. The Morgan fingerprint density at radius 1 is 1.37 bits per heavy atom. The molecule has 1 aromatic carbocycles. The summed E-state index contributed by atoms with van der Waals surface area (Å²) in [5, 5.41) is 8.97. The van der Waals surface area contributed by atoms with Gasteiger partial charge >= 0.3 is 6.09 Å². The van der Waals surface area contributed by atoms with E-state index in [4.69, 9.17) is 5.11 Å². The summed E-state index contributed by atoms with van der Waals surface area (Å²) in [7, 11) is -3.12. The van der Waals surface area contributed by atoms with Crippen LogP contribution in [0, 0.1) is 0 Å². The lowest BCUT2D eigenvalue weighted by Crippen LogP contribution is -2.39. The normalized spacial score (nSPS) is 25.9. The third-order valence-corrected chi connectivity index (χ3v) is 4.97. The van der Waals surface area contributed by atoms with Crippen molar-refractivity contribution in [2.75, 3.05) is 22.1 Å². The van der Waals surface area contributed by atoms with E-state index in [2.05, 4.69) is 4.72 Å². The maximum Gasteiger partial charge on any atom is 0.407 e. The van der Waals surface area contributed by atoms with E-state index in [1.165, 1.54) is 9.21 Å². The van der Waals surface area contributed by atoms with Crippen LogP contribution in [0.4, 0.5) is 16.2 Å². The number of carbonyl (C=O) groups is 1. The lowest BCUT2D eigenvalue weighted by Gasteiger charge is -2.40. The van der Waals surface area contributed by atoms with Crippen molar-refractivity contribution in [1.29, 1.82) is 0 Å². The maximum atomic E-state index is 10.9. The number of carboxylic acid groups (broad SMARTS) is 1. The SMILES string of the molecule is O=C(O)N1CC[C@@H](N2c3ccccc3NS2(O)O)C1. The summed E-state index contributed by atoms with van der Waals surface area (Å²) in [5.74, 6) is 0. The van der Waals surface area contributed by atoms with Crippen LogP contribution in [-0.4, -0.2) is 44.3 Å². The first kappa shape index (κ1) is 12.4. The van der Waals surface area contributed by atoms with Crippen molar-refractivity contribution < 1.29 is 19.0 Å². The Kier molecular flexibility index (Phi) is 2.73. The Morgan fingerprint density at radius 2 is 2.11 bits per heavy atom. The molecule has 1 fully saturated rings. The molecule has 0 spiro atoms. The summed E-state index contributed by atoms with van der Waals surface area (Å²) in [4.78, 5) is 12.2. The van der Waals surface area contributed by atoms with Crippen LogP contribution >= 0.6 is 11.0 Å². The van der Waals surface area contributed by atoms with Gasteiger partial charge in [0.25, 0.3) is 0 Å². The number of nitrogens with one attached hydrogen (secondary N) is 1. The van der Waals surface area contributed by atoms with E-state index in [0.29, 0.717) is 24.3 Å². The highest BCUT2D eigenvalue weighted by Gasteiger charge is 2.41. The molecule has 2 aliphatic rings. The maximum absolute atomic E-state index is 10.9. The highest BCUT2D eigenvalue weighted by molar-refractivity contribution is 8.26. The van der Waals surface area contributed by atoms with Gasteiger partial charge in [-0.25, -0.2) is 9.10 Å². The molecule has 8 heteroatoms. The van der Waals surface area contributed by atoms with E-state index >= 15 is 0 Å². The van der Waals surface area contributed by atoms with Gasteiger partial charge in [0.05, 0.1) is 17.4 Å². The Bertz CT molecular complexity index is 524.